The smallest absolute Gasteiger partial charge is 0.181 e. The molecule has 0 unspecified atom stereocenters. The number of fused-ring (bicyclic) bond motifs is 1. The number of rotatable bonds is 4. The highest BCUT2D eigenvalue weighted by Crippen LogP contribution is 2.25. The minimum Gasteiger partial charge on any atom is -0.375 e. The second kappa shape index (κ2) is 5.47. The van der Waals surface area contributed by atoms with Crippen LogP contribution in [0.15, 0.2) is 23.6 Å². The number of aryl methyl sites for hydroxylation is 1. The third-order valence-electron chi connectivity index (χ3n) is 3.02. The third-order valence-corrected chi connectivity index (χ3v) is 4.69. The van der Waals surface area contributed by atoms with Crippen LogP contribution in [-0.2, 0) is 13.1 Å². The van der Waals surface area contributed by atoms with E-state index < -0.39 is 0 Å². The lowest BCUT2D eigenvalue weighted by molar-refractivity contribution is 0.316. The van der Waals surface area contributed by atoms with Crippen molar-refractivity contribution in [3.05, 3.63) is 39.8 Å². The third kappa shape index (κ3) is 2.98. The monoisotopic (exact) mass is 304 g/mol. The summed E-state index contributed by atoms with van der Waals surface area (Å²) in [6.45, 7) is 3.80. The average Bonchev–Trinajstić information content (AvgIpc) is 2.93. The molecule has 0 fully saturated rings. The van der Waals surface area contributed by atoms with E-state index in [4.69, 9.17) is 5.73 Å². The van der Waals surface area contributed by atoms with Crippen molar-refractivity contribution in [1.29, 1.82) is 0 Å². The zero-order chi connectivity index (χ0) is 14.1. The summed E-state index contributed by atoms with van der Waals surface area (Å²) in [5.41, 5.74) is 9.13. The molecule has 0 radical (unpaired) electrons. The second-order valence-electron chi connectivity index (χ2n) is 4.88. The molecular formula is C14H16N4S2. The molecule has 0 aliphatic heterocycles. The fraction of sp³-hybridized carbons (Fsp3) is 0.286. The summed E-state index contributed by atoms with van der Waals surface area (Å²) in [4.78, 5) is 11.0. The maximum absolute atomic E-state index is 5.74. The van der Waals surface area contributed by atoms with Crippen LogP contribution in [0.25, 0.3) is 10.2 Å². The first kappa shape index (κ1) is 13.5. The zero-order valence-electron chi connectivity index (χ0n) is 11.5. The lowest BCUT2D eigenvalue weighted by Crippen LogP contribution is -2.17. The molecule has 1 aromatic carbocycles. The maximum Gasteiger partial charge on any atom is 0.181 e. The van der Waals surface area contributed by atoms with E-state index in [2.05, 4.69) is 39.4 Å². The fourth-order valence-electron chi connectivity index (χ4n) is 2.21. The Balaban J connectivity index is 1.71. The first-order chi connectivity index (χ1) is 9.60. The number of nitrogens with zero attached hydrogens (tertiary/aromatic N) is 3. The molecule has 4 nitrogen and oxygen atoms in total. The summed E-state index contributed by atoms with van der Waals surface area (Å²) >= 11 is 3.24. The van der Waals surface area contributed by atoms with Gasteiger partial charge in [-0.3, -0.25) is 4.90 Å². The molecule has 0 bridgehead atoms. The summed E-state index contributed by atoms with van der Waals surface area (Å²) in [7, 11) is 2.11. The van der Waals surface area contributed by atoms with Gasteiger partial charge in [-0.1, -0.05) is 17.4 Å². The fourth-order valence-corrected chi connectivity index (χ4v) is 3.61. The van der Waals surface area contributed by atoms with Crippen molar-refractivity contribution in [3.8, 4) is 0 Å². The van der Waals surface area contributed by atoms with Crippen LogP contribution in [-0.4, -0.2) is 21.9 Å². The van der Waals surface area contributed by atoms with Gasteiger partial charge in [0.2, 0.25) is 0 Å². The van der Waals surface area contributed by atoms with Crippen LogP contribution in [0.3, 0.4) is 0 Å². The Morgan fingerprint density at radius 1 is 1.25 bits per heavy atom. The maximum atomic E-state index is 5.74. The van der Waals surface area contributed by atoms with E-state index in [0.717, 1.165) is 34.0 Å². The summed E-state index contributed by atoms with van der Waals surface area (Å²) in [6.07, 6.45) is 0. The van der Waals surface area contributed by atoms with Crippen LogP contribution in [0.1, 0.15) is 16.3 Å². The van der Waals surface area contributed by atoms with E-state index in [0.29, 0.717) is 5.13 Å². The molecule has 2 heterocycles. The van der Waals surface area contributed by atoms with Crippen molar-refractivity contribution in [3.63, 3.8) is 0 Å². The molecule has 0 saturated heterocycles. The van der Waals surface area contributed by atoms with Gasteiger partial charge in [0, 0.05) is 18.5 Å². The van der Waals surface area contributed by atoms with Gasteiger partial charge in [-0.2, -0.15) is 0 Å². The van der Waals surface area contributed by atoms with E-state index in [1.165, 1.54) is 16.9 Å². The number of hydrogen-bond acceptors (Lipinski definition) is 6. The number of aromatic nitrogens is 2. The number of nitrogen functional groups attached to an aromatic ring is 1. The van der Waals surface area contributed by atoms with Gasteiger partial charge in [0.1, 0.15) is 0 Å². The molecule has 3 aromatic rings. The van der Waals surface area contributed by atoms with Crippen molar-refractivity contribution in [2.24, 2.45) is 0 Å². The molecule has 20 heavy (non-hydrogen) atoms. The van der Waals surface area contributed by atoms with E-state index in [1.54, 1.807) is 11.3 Å². The van der Waals surface area contributed by atoms with Crippen LogP contribution in [0.4, 0.5) is 5.13 Å². The highest BCUT2D eigenvalue weighted by atomic mass is 32.1. The van der Waals surface area contributed by atoms with Gasteiger partial charge in [-0.25, -0.2) is 9.97 Å². The minimum atomic E-state index is 0.628. The molecule has 6 heteroatoms. The van der Waals surface area contributed by atoms with Crippen LogP contribution >= 0.6 is 22.7 Å². The molecule has 104 valence electrons. The Labute approximate surface area is 125 Å². The molecule has 0 saturated carbocycles. The van der Waals surface area contributed by atoms with Crippen molar-refractivity contribution in [1.82, 2.24) is 14.9 Å². The van der Waals surface area contributed by atoms with Gasteiger partial charge in [-0.15, -0.1) is 11.3 Å². The Bertz CT molecular complexity index is 732. The SMILES string of the molecule is Cc1nc(CN(C)Cc2ccc3nc(N)sc3c2)cs1. The molecule has 0 amide bonds. The van der Waals surface area contributed by atoms with Crippen LogP contribution in [0.2, 0.25) is 0 Å². The zero-order valence-corrected chi connectivity index (χ0v) is 13.1. The minimum absolute atomic E-state index is 0.628. The van der Waals surface area contributed by atoms with Crippen molar-refractivity contribution < 1.29 is 0 Å². The van der Waals surface area contributed by atoms with Gasteiger partial charge in [0.25, 0.3) is 0 Å². The van der Waals surface area contributed by atoms with Crippen molar-refractivity contribution >= 4 is 38.0 Å². The Morgan fingerprint density at radius 3 is 2.85 bits per heavy atom. The summed E-state index contributed by atoms with van der Waals surface area (Å²) in [5.74, 6) is 0. The number of benzene rings is 1. The molecule has 3 rings (SSSR count). The largest absolute Gasteiger partial charge is 0.375 e. The Hall–Kier alpha value is -1.50. The van der Waals surface area contributed by atoms with E-state index >= 15 is 0 Å². The summed E-state index contributed by atoms with van der Waals surface area (Å²) in [5, 5.41) is 3.87. The number of thiazole rings is 2. The normalized spacial score (nSPS) is 11.6. The second-order valence-corrected chi connectivity index (χ2v) is 7.01. The summed E-state index contributed by atoms with van der Waals surface area (Å²) < 4.78 is 1.15. The van der Waals surface area contributed by atoms with Crippen molar-refractivity contribution in [2.75, 3.05) is 12.8 Å². The van der Waals surface area contributed by atoms with E-state index in [-0.39, 0.29) is 0 Å². The highest BCUT2D eigenvalue weighted by molar-refractivity contribution is 7.22. The first-order valence-electron chi connectivity index (χ1n) is 6.34. The van der Waals surface area contributed by atoms with Gasteiger partial charge in [0.05, 0.1) is 20.9 Å². The molecule has 0 spiro atoms. The lowest BCUT2D eigenvalue weighted by atomic mass is 10.2. The number of anilines is 1. The topological polar surface area (TPSA) is 55.0 Å². The quantitative estimate of drug-likeness (QED) is 0.803. The van der Waals surface area contributed by atoms with Gasteiger partial charge in [-0.05, 0) is 31.7 Å². The van der Waals surface area contributed by atoms with Crippen LogP contribution in [0.5, 0.6) is 0 Å². The average molecular weight is 304 g/mol. The summed E-state index contributed by atoms with van der Waals surface area (Å²) in [6, 6.07) is 6.33. The predicted molar refractivity (Wildman–Crippen MR) is 86.1 cm³/mol. The molecule has 2 N–H and O–H groups in total. The Morgan fingerprint density at radius 2 is 2.10 bits per heavy atom. The molecule has 2 aromatic heterocycles. The lowest BCUT2D eigenvalue weighted by Gasteiger charge is -2.15. The van der Waals surface area contributed by atoms with E-state index in [1.807, 2.05) is 13.0 Å². The van der Waals surface area contributed by atoms with Gasteiger partial charge >= 0.3 is 0 Å². The first-order valence-corrected chi connectivity index (χ1v) is 8.04. The molecule has 0 aliphatic carbocycles. The number of hydrogen-bond donors (Lipinski definition) is 1. The standard InChI is InChI=1S/C14H16N4S2/c1-9-16-11(8-19-9)7-18(2)6-10-3-4-12-13(5-10)20-14(15)17-12/h3-5,8H,6-7H2,1-2H3,(H2,15,17). The van der Waals surface area contributed by atoms with Crippen molar-refractivity contribution in [2.45, 2.75) is 20.0 Å². The Kier molecular flexibility index (Phi) is 3.69. The van der Waals surface area contributed by atoms with Gasteiger partial charge < -0.3 is 5.73 Å². The van der Waals surface area contributed by atoms with Gasteiger partial charge in [0.15, 0.2) is 5.13 Å². The molecule has 0 aliphatic rings. The highest BCUT2D eigenvalue weighted by Gasteiger charge is 2.07. The number of nitrogens with two attached hydrogens (primary N) is 1. The van der Waals surface area contributed by atoms with Crippen LogP contribution < -0.4 is 5.73 Å². The molecule has 0 atom stereocenters. The predicted octanol–water partition coefficient (Wildman–Crippen LogP) is 3.28. The molecular weight excluding hydrogens is 288 g/mol. The van der Waals surface area contributed by atoms with Crippen LogP contribution in [0, 0.1) is 6.92 Å². The van der Waals surface area contributed by atoms with E-state index in [9.17, 15) is 0 Å².